The molecule has 0 spiro atoms. The Morgan fingerprint density at radius 1 is 0.875 bits per heavy atom. The second-order valence-electron chi connectivity index (χ2n) is 8.15. The molecule has 0 atom stereocenters. The summed E-state index contributed by atoms with van der Waals surface area (Å²) in [6, 6.07) is 17.1. The topological polar surface area (TPSA) is 75.7 Å². The first-order valence-corrected chi connectivity index (χ1v) is 11.5. The molecule has 1 fully saturated rings. The third kappa shape index (κ3) is 7.84. The number of carbonyl (C=O) groups is 3. The molecule has 0 aliphatic carbocycles. The lowest BCUT2D eigenvalue weighted by Crippen LogP contribution is -2.35. The Balaban J connectivity index is 1.33. The molecule has 6 heteroatoms. The van der Waals surface area contributed by atoms with Crippen LogP contribution in [0.25, 0.3) is 0 Å². The van der Waals surface area contributed by atoms with Crippen LogP contribution >= 0.6 is 0 Å². The minimum absolute atomic E-state index is 0.0100. The molecular formula is C26H32N2O4. The Hall–Kier alpha value is -3.15. The number of hydrogen-bond donors (Lipinski definition) is 1. The van der Waals surface area contributed by atoms with Crippen molar-refractivity contribution in [1.29, 1.82) is 0 Å². The molecule has 1 N–H and O–H groups in total. The molecule has 0 unspecified atom stereocenters. The third-order valence-corrected chi connectivity index (χ3v) is 5.54. The molecule has 32 heavy (non-hydrogen) atoms. The van der Waals surface area contributed by atoms with Gasteiger partial charge in [-0.05, 0) is 62.3 Å². The zero-order valence-corrected chi connectivity index (χ0v) is 18.6. The molecule has 3 rings (SSSR count). The number of nitrogens with zero attached hydrogens (tertiary/aromatic N) is 1. The van der Waals surface area contributed by atoms with E-state index >= 15 is 0 Å². The number of carbonyl (C=O) groups excluding carboxylic acids is 3. The molecule has 1 aliphatic rings. The summed E-state index contributed by atoms with van der Waals surface area (Å²) in [5, 5.41) is 2.82. The minimum Gasteiger partial charge on any atom is -0.466 e. The Kier molecular flexibility index (Phi) is 9.29. The summed E-state index contributed by atoms with van der Waals surface area (Å²) in [7, 11) is 0. The van der Waals surface area contributed by atoms with E-state index < -0.39 is 0 Å². The predicted molar refractivity (Wildman–Crippen MR) is 124 cm³/mol. The van der Waals surface area contributed by atoms with E-state index in [0.717, 1.165) is 38.8 Å². The molecule has 2 aromatic carbocycles. The van der Waals surface area contributed by atoms with Gasteiger partial charge >= 0.3 is 5.97 Å². The fraction of sp³-hybridized carbons (Fsp3) is 0.423. The summed E-state index contributed by atoms with van der Waals surface area (Å²) in [5.41, 5.74) is 2.41. The van der Waals surface area contributed by atoms with Gasteiger partial charge in [0.25, 0.3) is 5.91 Å². The molecule has 0 radical (unpaired) electrons. The maximum absolute atomic E-state index is 12.6. The van der Waals surface area contributed by atoms with Gasteiger partial charge in [0.1, 0.15) is 0 Å². The second kappa shape index (κ2) is 12.6. The lowest BCUT2D eigenvalue weighted by molar-refractivity contribution is -0.143. The van der Waals surface area contributed by atoms with Gasteiger partial charge in [0.05, 0.1) is 6.61 Å². The number of ether oxygens (including phenoxy) is 1. The maximum atomic E-state index is 12.6. The fourth-order valence-electron chi connectivity index (χ4n) is 3.81. The van der Waals surface area contributed by atoms with Crippen LogP contribution in [0.2, 0.25) is 0 Å². The van der Waals surface area contributed by atoms with E-state index in [1.54, 1.807) is 24.3 Å². The van der Waals surface area contributed by atoms with Crippen LogP contribution in [0.4, 0.5) is 5.69 Å². The monoisotopic (exact) mass is 436 g/mol. The van der Waals surface area contributed by atoms with Crippen LogP contribution in [0.5, 0.6) is 0 Å². The second-order valence-corrected chi connectivity index (χ2v) is 8.15. The highest BCUT2D eigenvalue weighted by atomic mass is 16.5. The van der Waals surface area contributed by atoms with Gasteiger partial charge in [-0.1, -0.05) is 36.4 Å². The minimum atomic E-state index is -0.278. The number of piperidine rings is 1. The predicted octanol–water partition coefficient (Wildman–Crippen LogP) is 4.60. The molecule has 2 amide bonds. The van der Waals surface area contributed by atoms with Gasteiger partial charge in [0.15, 0.2) is 0 Å². The highest BCUT2D eigenvalue weighted by molar-refractivity contribution is 5.97. The molecule has 0 saturated carbocycles. The van der Waals surface area contributed by atoms with E-state index in [9.17, 15) is 14.4 Å². The zero-order valence-electron chi connectivity index (χ0n) is 18.6. The lowest BCUT2D eigenvalue weighted by Gasteiger charge is -2.26. The largest absolute Gasteiger partial charge is 0.466 e. The fourth-order valence-corrected chi connectivity index (χ4v) is 3.81. The molecule has 0 bridgehead atoms. The molecule has 1 saturated heterocycles. The summed E-state index contributed by atoms with van der Waals surface area (Å²) in [5.74, 6) is -0.444. The van der Waals surface area contributed by atoms with Crippen molar-refractivity contribution in [2.45, 2.75) is 51.4 Å². The average molecular weight is 437 g/mol. The highest BCUT2D eigenvalue weighted by Gasteiger charge is 2.18. The molecule has 1 aliphatic heterocycles. The number of hydrogen-bond acceptors (Lipinski definition) is 4. The summed E-state index contributed by atoms with van der Waals surface area (Å²) < 4.78 is 5.25. The number of amides is 2. The first kappa shape index (κ1) is 23.5. The van der Waals surface area contributed by atoms with Crippen LogP contribution in [0.3, 0.4) is 0 Å². The van der Waals surface area contributed by atoms with E-state index in [4.69, 9.17) is 4.74 Å². The Labute approximate surface area is 189 Å². The lowest BCUT2D eigenvalue weighted by atomic mass is 10.1. The number of nitrogens with one attached hydrogen (secondary N) is 1. The first-order chi connectivity index (χ1) is 15.6. The smallest absolute Gasteiger partial charge is 0.305 e. The van der Waals surface area contributed by atoms with Crippen molar-refractivity contribution in [1.82, 2.24) is 4.90 Å². The molecule has 2 aromatic rings. The number of likely N-dealkylation sites (tertiary alicyclic amines) is 1. The van der Waals surface area contributed by atoms with Crippen molar-refractivity contribution >= 4 is 23.5 Å². The van der Waals surface area contributed by atoms with E-state index in [0.29, 0.717) is 24.3 Å². The number of aryl methyl sites for hydroxylation is 1. The zero-order chi connectivity index (χ0) is 22.6. The molecule has 0 aromatic heterocycles. The Morgan fingerprint density at radius 3 is 2.44 bits per heavy atom. The summed E-state index contributed by atoms with van der Waals surface area (Å²) >= 11 is 0. The van der Waals surface area contributed by atoms with E-state index in [-0.39, 0.29) is 30.6 Å². The molecule has 6 nitrogen and oxygen atoms in total. The van der Waals surface area contributed by atoms with Crippen LogP contribution in [-0.4, -0.2) is 42.4 Å². The SMILES string of the molecule is O=C(CCCC(=O)OCCCc1ccccc1)Nc1cccc(C(=O)N2CCCCC2)c1. The van der Waals surface area contributed by atoms with E-state index in [1.165, 1.54) is 12.0 Å². The standard InChI is InChI=1S/C26H32N2O4/c29-24(15-8-16-25(30)32-19-9-12-21-10-3-1-4-11-21)27-23-14-7-13-22(20-23)26(31)28-17-5-2-6-18-28/h1,3-4,7,10-11,13-14,20H,2,5-6,8-9,12,15-19H2,(H,27,29). The van der Waals surface area contributed by atoms with Gasteiger partial charge in [0, 0.05) is 37.2 Å². The van der Waals surface area contributed by atoms with Crippen molar-refractivity contribution in [3.8, 4) is 0 Å². The third-order valence-electron chi connectivity index (χ3n) is 5.54. The van der Waals surface area contributed by atoms with E-state index in [2.05, 4.69) is 17.4 Å². The Morgan fingerprint density at radius 2 is 1.66 bits per heavy atom. The average Bonchev–Trinajstić information content (AvgIpc) is 2.83. The van der Waals surface area contributed by atoms with Crippen LogP contribution in [0, 0.1) is 0 Å². The summed E-state index contributed by atoms with van der Waals surface area (Å²) in [6.07, 6.45) is 5.76. The van der Waals surface area contributed by atoms with Gasteiger partial charge in [-0.25, -0.2) is 0 Å². The molecular weight excluding hydrogens is 404 g/mol. The van der Waals surface area contributed by atoms with Crippen LogP contribution < -0.4 is 5.32 Å². The number of benzene rings is 2. The van der Waals surface area contributed by atoms with Gasteiger partial charge in [-0.3, -0.25) is 14.4 Å². The van der Waals surface area contributed by atoms with Gasteiger partial charge in [-0.2, -0.15) is 0 Å². The quantitative estimate of drug-likeness (QED) is 0.436. The van der Waals surface area contributed by atoms with Crippen molar-refractivity contribution in [3.05, 3.63) is 65.7 Å². The van der Waals surface area contributed by atoms with Crippen molar-refractivity contribution in [2.75, 3.05) is 25.0 Å². The van der Waals surface area contributed by atoms with Crippen LogP contribution in [0.1, 0.15) is 60.9 Å². The maximum Gasteiger partial charge on any atom is 0.305 e. The Bertz CT molecular complexity index is 892. The molecule has 170 valence electrons. The first-order valence-electron chi connectivity index (χ1n) is 11.5. The van der Waals surface area contributed by atoms with Crippen molar-refractivity contribution in [2.24, 2.45) is 0 Å². The summed E-state index contributed by atoms with van der Waals surface area (Å²) in [4.78, 5) is 38.6. The number of anilines is 1. The summed E-state index contributed by atoms with van der Waals surface area (Å²) in [6.45, 7) is 1.97. The van der Waals surface area contributed by atoms with Crippen molar-refractivity contribution in [3.63, 3.8) is 0 Å². The normalized spacial score (nSPS) is 13.4. The number of rotatable bonds is 10. The molecule has 1 heterocycles. The highest BCUT2D eigenvalue weighted by Crippen LogP contribution is 2.17. The van der Waals surface area contributed by atoms with Gasteiger partial charge < -0.3 is 15.0 Å². The van der Waals surface area contributed by atoms with Crippen LogP contribution in [0.15, 0.2) is 54.6 Å². The van der Waals surface area contributed by atoms with E-state index in [1.807, 2.05) is 23.1 Å². The van der Waals surface area contributed by atoms with Gasteiger partial charge in [-0.15, -0.1) is 0 Å². The number of esters is 1. The van der Waals surface area contributed by atoms with Crippen LogP contribution in [-0.2, 0) is 20.7 Å². The van der Waals surface area contributed by atoms with Gasteiger partial charge in [0.2, 0.25) is 5.91 Å². The van der Waals surface area contributed by atoms with Crippen molar-refractivity contribution < 1.29 is 19.1 Å².